The van der Waals surface area contributed by atoms with E-state index < -0.39 is 49.5 Å². The third-order valence-corrected chi connectivity index (χ3v) is 18.7. The maximum absolute atomic E-state index is 13.0. The zero-order valence-electron chi connectivity index (χ0n) is 59.1. The van der Waals surface area contributed by atoms with Crippen molar-refractivity contribution in [3.8, 4) is 0 Å². The van der Waals surface area contributed by atoms with Crippen LogP contribution in [-0.4, -0.2) is 100 Å². The van der Waals surface area contributed by atoms with Gasteiger partial charge < -0.3 is 45.1 Å². The van der Waals surface area contributed by atoms with Crippen molar-refractivity contribution in [2.24, 2.45) is 0 Å². The van der Waals surface area contributed by atoms with E-state index in [1.54, 1.807) is 6.08 Å². The Morgan fingerprint density at radius 1 is 0.411 bits per heavy atom. The zero-order chi connectivity index (χ0) is 65.1. The standard InChI is InChI=1S/C79H149NO10/c1-3-5-7-9-11-13-15-43-47-51-55-59-63-67-75(84)88-68-64-60-56-52-48-45-42-40-38-36-34-32-30-28-26-24-22-20-18-16-17-19-21-23-25-27-29-31-33-35-37-39-41-44-46-50-54-58-62-66-74(83)80-71(70-89-79-78(87)77(86)76(85)73(69-81)90-79)72(82)65-61-57-53-49-14-12-10-8-6-4-2/h7,9,13,15,61,65,71-73,76-79,81-82,85-87H,3-6,8,10-12,14,16-60,62-64,66-70H2,1-2H3,(H,80,83)/b9-7-,15-13-,65-61+. The van der Waals surface area contributed by atoms with Gasteiger partial charge in [0.25, 0.3) is 0 Å². The predicted octanol–water partition coefficient (Wildman–Crippen LogP) is 20.9. The highest BCUT2D eigenvalue weighted by Gasteiger charge is 2.44. The molecule has 0 bridgehead atoms. The summed E-state index contributed by atoms with van der Waals surface area (Å²) in [6, 6.07) is -0.804. The normalized spacial score (nSPS) is 17.8. The van der Waals surface area contributed by atoms with Gasteiger partial charge in [-0.25, -0.2) is 0 Å². The Bertz CT molecular complexity index is 1590. The summed E-state index contributed by atoms with van der Waals surface area (Å²) < 4.78 is 16.7. The Balaban J connectivity index is 1.85. The second-order valence-corrected chi connectivity index (χ2v) is 27.4. The molecular formula is C79H149NO10. The Morgan fingerprint density at radius 2 is 0.767 bits per heavy atom. The fourth-order valence-electron chi connectivity index (χ4n) is 12.6. The topological polar surface area (TPSA) is 175 Å². The lowest BCUT2D eigenvalue weighted by Gasteiger charge is -2.40. The Kier molecular flexibility index (Phi) is 65.2. The van der Waals surface area contributed by atoms with Gasteiger partial charge in [0.2, 0.25) is 5.91 Å². The highest BCUT2D eigenvalue weighted by molar-refractivity contribution is 5.76. The summed E-state index contributed by atoms with van der Waals surface area (Å²) in [7, 11) is 0. The molecule has 0 saturated carbocycles. The van der Waals surface area contributed by atoms with Crippen LogP contribution >= 0.6 is 0 Å². The molecule has 0 aromatic rings. The van der Waals surface area contributed by atoms with Crippen molar-refractivity contribution in [1.82, 2.24) is 5.32 Å². The van der Waals surface area contributed by atoms with Crippen molar-refractivity contribution in [1.29, 1.82) is 0 Å². The molecule has 1 aliphatic heterocycles. The van der Waals surface area contributed by atoms with Gasteiger partial charge in [-0.1, -0.05) is 359 Å². The molecule has 11 nitrogen and oxygen atoms in total. The molecule has 1 amide bonds. The molecule has 11 heteroatoms. The Labute approximate surface area is 555 Å². The number of esters is 1. The number of nitrogens with one attached hydrogen (secondary N) is 1. The average molecular weight is 1270 g/mol. The number of carbonyl (C=O) groups is 2. The Morgan fingerprint density at radius 3 is 1.17 bits per heavy atom. The fourth-order valence-corrected chi connectivity index (χ4v) is 12.6. The van der Waals surface area contributed by atoms with Crippen molar-refractivity contribution in [2.45, 2.75) is 436 Å². The largest absolute Gasteiger partial charge is 0.466 e. The van der Waals surface area contributed by atoms with Crippen LogP contribution in [0.3, 0.4) is 0 Å². The molecule has 1 saturated heterocycles. The molecule has 530 valence electrons. The quantitative estimate of drug-likeness (QED) is 0.0195. The average Bonchev–Trinajstić information content (AvgIpc) is 0.993. The first-order valence-corrected chi connectivity index (χ1v) is 39.3. The van der Waals surface area contributed by atoms with Gasteiger partial charge in [-0.05, 0) is 57.8 Å². The third kappa shape index (κ3) is 56.2. The molecule has 90 heavy (non-hydrogen) atoms. The molecule has 0 spiro atoms. The van der Waals surface area contributed by atoms with E-state index in [9.17, 15) is 35.1 Å². The number of unbranched alkanes of at least 4 members (excludes halogenated alkanes) is 52. The molecule has 1 rings (SSSR count). The minimum Gasteiger partial charge on any atom is -0.466 e. The van der Waals surface area contributed by atoms with Gasteiger partial charge in [-0.15, -0.1) is 0 Å². The van der Waals surface area contributed by atoms with Crippen molar-refractivity contribution >= 4 is 11.9 Å². The van der Waals surface area contributed by atoms with Crippen LogP contribution in [0.1, 0.15) is 393 Å². The molecule has 1 heterocycles. The summed E-state index contributed by atoms with van der Waals surface area (Å²) in [6.45, 7) is 4.30. The minimum absolute atomic E-state index is 0.00325. The minimum atomic E-state index is -1.57. The van der Waals surface area contributed by atoms with Gasteiger partial charge in [-0.3, -0.25) is 9.59 Å². The summed E-state index contributed by atoms with van der Waals surface area (Å²) >= 11 is 0. The first-order chi connectivity index (χ1) is 44.2. The number of hydrogen-bond donors (Lipinski definition) is 6. The number of aliphatic hydroxyl groups excluding tert-OH is 5. The van der Waals surface area contributed by atoms with Gasteiger partial charge >= 0.3 is 5.97 Å². The SMILES string of the molecule is CCC/C=C\C/C=C\CCCCCCCC(=O)OCCCCCCCCCCCCCCCCCCCCCCCCCCCCCCCCCCCCCCCCCC(=O)NC(COC1OC(CO)C(O)C(O)C1O)C(O)/C=C/CCCCCCCCCC. The maximum Gasteiger partial charge on any atom is 0.305 e. The van der Waals surface area contributed by atoms with Crippen LogP contribution in [0.5, 0.6) is 0 Å². The number of rotatable bonds is 70. The third-order valence-electron chi connectivity index (χ3n) is 18.7. The van der Waals surface area contributed by atoms with Crippen LogP contribution in [0.15, 0.2) is 36.5 Å². The summed E-state index contributed by atoms with van der Waals surface area (Å²) in [5.41, 5.74) is 0. The molecule has 0 radical (unpaired) electrons. The highest BCUT2D eigenvalue weighted by Crippen LogP contribution is 2.24. The molecule has 7 atom stereocenters. The van der Waals surface area contributed by atoms with Crippen molar-refractivity contribution in [3.05, 3.63) is 36.5 Å². The van der Waals surface area contributed by atoms with E-state index in [1.165, 1.54) is 302 Å². The van der Waals surface area contributed by atoms with Gasteiger partial charge in [0.1, 0.15) is 24.4 Å². The Hall–Kier alpha value is -2.12. The molecule has 0 aromatic carbocycles. The smallest absolute Gasteiger partial charge is 0.305 e. The van der Waals surface area contributed by atoms with E-state index in [0.717, 1.165) is 64.2 Å². The second-order valence-electron chi connectivity index (χ2n) is 27.4. The highest BCUT2D eigenvalue weighted by atomic mass is 16.7. The molecule has 6 N–H and O–H groups in total. The van der Waals surface area contributed by atoms with Crippen LogP contribution in [0.4, 0.5) is 0 Å². The number of allylic oxidation sites excluding steroid dienone is 5. The van der Waals surface area contributed by atoms with Gasteiger partial charge in [0.05, 0.1) is 32.0 Å². The molecular weight excluding hydrogens is 1120 g/mol. The first-order valence-electron chi connectivity index (χ1n) is 39.3. The van der Waals surface area contributed by atoms with E-state index in [1.807, 2.05) is 6.08 Å². The maximum atomic E-state index is 13.0. The molecule has 0 aromatic heterocycles. The van der Waals surface area contributed by atoms with Gasteiger partial charge in [-0.2, -0.15) is 0 Å². The summed E-state index contributed by atoms with van der Waals surface area (Å²) in [6.07, 6.45) is 79.1. The second kappa shape index (κ2) is 68.3. The van der Waals surface area contributed by atoms with E-state index in [-0.39, 0.29) is 18.5 Å². The van der Waals surface area contributed by atoms with Crippen LogP contribution < -0.4 is 5.32 Å². The molecule has 1 fully saturated rings. The van der Waals surface area contributed by atoms with Crippen LogP contribution in [0.25, 0.3) is 0 Å². The summed E-state index contributed by atoms with van der Waals surface area (Å²) in [5, 5.41) is 54.4. The summed E-state index contributed by atoms with van der Waals surface area (Å²) in [4.78, 5) is 25.1. The lowest BCUT2D eigenvalue weighted by Crippen LogP contribution is -2.60. The number of hydrogen-bond acceptors (Lipinski definition) is 10. The van der Waals surface area contributed by atoms with E-state index in [2.05, 4.69) is 43.5 Å². The molecule has 7 unspecified atom stereocenters. The van der Waals surface area contributed by atoms with Crippen molar-refractivity contribution in [3.63, 3.8) is 0 Å². The lowest BCUT2D eigenvalue weighted by atomic mass is 9.99. The zero-order valence-corrected chi connectivity index (χ0v) is 59.1. The molecule has 0 aliphatic carbocycles. The van der Waals surface area contributed by atoms with E-state index in [0.29, 0.717) is 19.4 Å². The van der Waals surface area contributed by atoms with E-state index >= 15 is 0 Å². The van der Waals surface area contributed by atoms with Crippen molar-refractivity contribution in [2.75, 3.05) is 19.8 Å². The van der Waals surface area contributed by atoms with Gasteiger partial charge in [0, 0.05) is 12.8 Å². The van der Waals surface area contributed by atoms with Crippen molar-refractivity contribution < 1.29 is 49.3 Å². The van der Waals surface area contributed by atoms with E-state index in [4.69, 9.17) is 14.2 Å². The van der Waals surface area contributed by atoms with Crippen LogP contribution in [0, 0.1) is 0 Å². The van der Waals surface area contributed by atoms with Crippen LogP contribution in [-0.2, 0) is 23.8 Å². The predicted molar refractivity (Wildman–Crippen MR) is 380 cm³/mol. The number of carbonyl (C=O) groups excluding carboxylic acids is 2. The molecule has 1 aliphatic rings. The van der Waals surface area contributed by atoms with Gasteiger partial charge in [0.15, 0.2) is 6.29 Å². The number of amides is 1. The van der Waals surface area contributed by atoms with Crippen LogP contribution in [0.2, 0.25) is 0 Å². The summed E-state index contributed by atoms with van der Waals surface area (Å²) in [5.74, 6) is -0.172. The number of aliphatic hydroxyl groups is 5. The lowest BCUT2D eigenvalue weighted by molar-refractivity contribution is -0.302. The monoisotopic (exact) mass is 1270 g/mol. The number of ether oxygens (including phenoxy) is 3. The fraction of sp³-hybridized carbons (Fsp3) is 0.899. The first kappa shape index (κ1) is 85.9.